The smallest absolute Gasteiger partial charge is 0.335 e. The number of hydrogen-bond acceptors (Lipinski definition) is 5. The molecule has 0 unspecified atom stereocenters. The number of carboxylic acid groups (broad SMARTS) is 1. The number of benzene rings is 1. The molecule has 0 aliphatic rings. The number of ether oxygens (including phenoxy) is 2. The molecule has 0 fully saturated rings. The number of carbonyl (C=O) groups is 1. The van der Waals surface area contributed by atoms with Crippen LogP contribution in [0.4, 0.5) is 0 Å². The van der Waals surface area contributed by atoms with Crippen LogP contribution >= 0.6 is 0 Å². The number of rotatable bonds is 4. The lowest BCUT2D eigenvalue weighted by Gasteiger charge is -2.08. The Kier molecular flexibility index (Phi) is 4.05. The van der Waals surface area contributed by atoms with Crippen molar-refractivity contribution in [2.24, 2.45) is 0 Å². The molecule has 0 saturated heterocycles. The Morgan fingerprint density at radius 3 is 2.57 bits per heavy atom. The standard InChI is InChI=1S/C15H12N2O4/c1-9-3-11(15(18)19)6-14(17-9)21-13-5-10(8-16)4-12(7-13)20-2/h3-7H,1-2H3,(H,18,19). The zero-order valence-electron chi connectivity index (χ0n) is 11.5. The molecule has 0 amide bonds. The molecule has 1 heterocycles. The second-order valence-electron chi connectivity index (χ2n) is 4.25. The summed E-state index contributed by atoms with van der Waals surface area (Å²) in [6, 6.07) is 9.44. The summed E-state index contributed by atoms with van der Waals surface area (Å²) in [5, 5.41) is 18.0. The lowest BCUT2D eigenvalue weighted by molar-refractivity contribution is 0.0696. The topological polar surface area (TPSA) is 92.4 Å². The van der Waals surface area contributed by atoms with Gasteiger partial charge in [-0.2, -0.15) is 5.26 Å². The SMILES string of the molecule is COc1cc(C#N)cc(Oc2cc(C(=O)O)cc(C)n2)c1. The first-order chi connectivity index (χ1) is 10.0. The molecule has 0 radical (unpaired) electrons. The normalized spacial score (nSPS) is 9.76. The second-order valence-corrected chi connectivity index (χ2v) is 4.25. The van der Waals surface area contributed by atoms with E-state index in [1.807, 2.05) is 6.07 Å². The molecular weight excluding hydrogens is 272 g/mol. The molecule has 1 aromatic heterocycles. The number of methoxy groups -OCH3 is 1. The average Bonchev–Trinajstić information content (AvgIpc) is 2.46. The summed E-state index contributed by atoms with van der Waals surface area (Å²) in [6.07, 6.45) is 0. The van der Waals surface area contributed by atoms with Crippen LogP contribution in [-0.2, 0) is 0 Å². The van der Waals surface area contributed by atoms with Crippen LogP contribution in [0, 0.1) is 18.3 Å². The number of aryl methyl sites for hydroxylation is 1. The third kappa shape index (κ3) is 3.48. The van der Waals surface area contributed by atoms with Gasteiger partial charge in [-0.3, -0.25) is 0 Å². The number of aromatic carboxylic acids is 1. The van der Waals surface area contributed by atoms with E-state index in [-0.39, 0.29) is 11.4 Å². The molecule has 21 heavy (non-hydrogen) atoms. The molecule has 106 valence electrons. The van der Waals surface area contributed by atoms with Crippen molar-refractivity contribution in [2.45, 2.75) is 6.92 Å². The third-order valence-electron chi connectivity index (χ3n) is 2.64. The van der Waals surface area contributed by atoms with Gasteiger partial charge in [0.25, 0.3) is 0 Å². The largest absolute Gasteiger partial charge is 0.497 e. The van der Waals surface area contributed by atoms with Gasteiger partial charge in [0.15, 0.2) is 0 Å². The Morgan fingerprint density at radius 2 is 1.95 bits per heavy atom. The Labute approximate surface area is 121 Å². The maximum atomic E-state index is 11.0. The summed E-state index contributed by atoms with van der Waals surface area (Å²) in [7, 11) is 1.48. The summed E-state index contributed by atoms with van der Waals surface area (Å²) in [5.41, 5.74) is 0.977. The van der Waals surface area contributed by atoms with Gasteiger partial charge in [-0.1, -0.05) is 0 Å². The summed E-state index contributed by atoms with van der Waals surface area (Å²) in [4.78, 5) is 15.1. The zero-order chi connectivity index (χ0) is 15.4. The van der Waals surface area contributed by atoms with Crippen LogP contribution in [0.2, 0.25) is 0 Å². The van der Waals surface area contributed by atoms with Crippen molar-refractivity contribution < 1.29 is 19.4 Å². The number of nitriles is 1. The molecule has 0 aliphatic heterocycles. The molecule has 0 bridgehead atoms. The molecule has 0 aliphatic carbocycles. The van der Waals surface area contributed by atoms with Gasteiger partial charge in [0.2, 0.25) is 5.88 Å². The highest BCUT2D eigenvalue weighted by molar-refractivity contribution is 5.88. The number of hydrogen-bond donors (Lipinski definition) is 1. The molecular formula is C15H12N2O4. The molecule has 6 nitrogen and oxygen atoms in total. The first kappa shape index (κ1) is 14.3. The minimum Gasteiger partial charge on any atom is -0.497 e. The summed E-state index contributed by atoms with van der Waals surface area (Å²) in [6.45, 7) is 1.67. The molecule has 6 heteroatoms. The van der Waals surface area contributed by atoms with E-state index in [0.717, 1.165) is 0 Å². The van der Waals surface area contributed by atoms with E-state index in [9.17, 15) is 4.79 Å². The van der Waals surface area contributed by atoms with Crippen LogP contribution in [0.25, 0.3) is 0 Å². The lowest BCUT2D eigenvalue weighted by Crippen LogP contribution is -2.00. The van der Waals surface area contributed by atoms with Gasteiger partial charge in [-0.25, -0.2) is 9.78 Å². The van der Waals surface area contributed by atoms with Gasteiger partial charge in [-0.05, 0) is 25.1 Å². The van der Waals surface area contributed by atoms with Crippen molar-refractivity contribution in [1.29, 1.82) is 5.26 Å². The summed E-state index contributed by atoms with van der Waals surface area (Å²) >= 11 is 0. The highest BCUT2D eigenvalue weighted by atomic mass is 16.5. The first-order valence-electron chi connectivity index (χ1n) is 6.01. The predicted octanol–water partition coefficient (Wildman–Crippen LogP) is 2.76. The van der Waals surface area contributed by atoms with E-state index in [0.29, 0.717) is 22.8 Å². The van der Waals surface area contributed by atoms with Crippen LogP contribution < -0.4 is 9.47 Å². The van der Waals surface area contributed by atoms with Crippen molar-refractivity contribution in [1.82, 2.24) is 4.98 Å². The van der Waals surface area contributed by atoms with E-state index in [2.05, 4.69) is 4.98 Å². The molecule has 1 N–H and O–H groups in total. The lowest BCUT2D eigenvalue weighted by atomic mass is 10.2. The van der Waals surface area contributed by atoms with Gasteiger partial charge >= 0.3 is 5.97 Å². The number of pyridine rings is 1. The van der Waals surface area contributed by atoms with Crippen molar-refractivity contribution in [3.63, 3.8) is 0 Å². The Hall–Kier alpha value is -3.07. The van der Waals surface area contributed by atoms with E-state index in [1.165, 1.54) is 25.3 Å². The maximum absolute atomic E-state index is 11.0. The van der Waals surface area contributed by atoms with Crippen molar-refractivity contribution >= 4 is 5.97 Å². The second kappa shape index (κ2) is 5.92. The van der Waals surface area contributed by atoms with Crippen LogP contribution in [0.5, 0.6) is 17.4 Å². The van der Waals surface area contributed by atoms with Gasteiger partial charge in [0.1, 0.15) is 11.5 Å². The van der Waals surface area contributed by atoms with Gasteiger partial charge in [0, 0.05) is 17.8 Å². The molecule has 2 rings (SSSR count). The van der Waals surface area contributed by atoms with Crippen LogP contribution in [0.1, 0.15) is 21.6 Å². The Balaban J connectivity index is 2.38. The third-order valence-corrected chi connectivity index (χ3v) is 2.64. The first-order valence-corrected chi connectivity index (χ1v) is 6.01. The van der Waals surface area contributed by atoms with Gasteiger partial charge in [-0.15, -0.1) is 0 Å². The maximum Gasteiger partial charge on any atom is 0.335 e. The highest BCUT2D eigenvalue weighted by Gasteiger charge is 2.09. The molecule has 2 aromatic rings. The minimum absolute atomic E-state index is 0.0842. The van der Waals surface area contributed by atoms with E-state index < -0.39 is 5.97 Å². The van der Waals surface area contributed by atoms with Crippen LogP contribution in [0.15, 0.2) is 30.3 Å². The van der Waals surface area contributed by atoms with Crippen LogP contribution in [0.3, 0.4) is 0 Å². The monoisotopic (exact) mass is 284 g/mol. The Bertz CT molecular complexity index is 735. The van der Waals surface area contributed by atoms with Gasteiger partial charge in [0.05, 0.1) is 24.3 Å². The molecule has 0 saturated carbocycles. The van der Waals surface area contributed by atoms with E-state index in [4.69, 9.17) is 19.8 Å². The fourth-order valence-corrected chi connectivity index (χ4v) is 1.75. The van der Waals surface area contributed by atoms with Crippen molar-refractivity contribution in [2.75, 3.05) is 7.11 Å². The van der Waals surface area contributed by atoms with Crippen molar-refractivity contribution in [3.05, 3.63) is 47.2 Å². The molecule has 0 spiro atoms. The summed E-state index contributed by atoms with van der Waals surface area (Å²) in [5.74, 6) is -0.103. The molecule has 0 atom stereocenters. The highest BCUT2D eigenvalue weighted by Crippen LogP contribution is 2.27. The number of aromatic nitrogens is 1. The van der Waals surface area contributed by atoms with Gasteiger partial charge < -0.3 is 14.6 Å². The fraction of sp³-hybridized carbons (Fsp3) is 0.133. The zero-order valence-corrected chi connectivity index (χ0v) is 11.5. The Morgan fingerprint density at radius 1 is 1.24 bits per heavy atom. The fourth-order valence-electron chi connectivity index (χ4n) is 1.75. The summed E-state index contributed by atoms with van der Waals surface area (Å²) < 4.78 is 10.6. The average molecular weight is 284 g/mol. The quantitative estimate of drug-likeness (QED) is 0.928. The van der Waals surface area contributed by atoms with Crippen LogP contribution in [-0.4, -0.2) is 23.2 Å². The number of nitrogens with zero attached hydrogens (tertiary/aromatic N) is 2. The van der Waals surface area contributed by atoms with Crippen molar-refractivity contribution in [3.8, 4) is 23.4 Å². The predicted molar refractivity (Wildman–Crippen MR) is 73.7 cm³/mol. The van der Waals surface area contributed by atoms with E-state index >= 15 is 0 Å². The number of carboxylic acids is 1. The van der Waals surface area contributed by atoms with E-state index in [1.54, 1.807) is 19.1 Å². The molecule has 1 aromatic carbocycles. The minimum atomic E-state index is -1.06.